The summed E-state index contributed by atoms with van der Waals surface area (Å²) in [6, 6.07) is 25.2. The molecule has 3 heterocycles. The van der Waals surface area contributed by atoms with E-state index >= 15 is 0 Å². The van der Waals surface area contributed by atoms with E-state index in [-0.39, 0.29) is 63.6 Å². The highest BCUT2D eigenvalue weighted by atomic mass is 79.9. The maximum absolute atomic E-state index is 14.8. The Morgan fingerprint density at radius 2 is 1.50 bits per heavy atom. The molecule has 346 valence electrons. The minimum absolute atomic E-state index is 0.0290. The van der Waals surface area contributed by atoms with Crippen LogP contribution in [0.4, 0.5) is 10.1 Å². The fourth-order valence-electron chi connectivity index (χ4n) is 8.14. The lowest BCUT2D eigenvalue weighted by Gasteiger charge is -2.36. The monoisotopic (exact) mass is 1000 g/mol. The van der Waals surface area contributed by atoms with Gasteiger partial charge in [0.05, 0.1) is 5.56 Å². The number of rotatable bonds is 15. The second kappa shape index (κ2) is 19.6. The third-order valence-corrected chi connectivity index (χ3v) is 12.2. The molecule has 0 unspecified atom stereocenters. The summed E-state index contributed by atoms with van der Waals surface area (Å²) >= 11 is 8.81. The van der Waals surface area contributed by atoms with Gasteiger partial charge in [-0.15, -0.1) is 0 Å². The van der Waals surface area contributed by atoms with Crippen LogP contribution >= 0.6 is 28.1 Å². The highest BCUT2D eigenvalue weighted by Gasteiger charge is 2.53. The Balaban J connectivity index is 0.885. The Labute approximate surface area is 401 Å². The standard InChI is InChI=1S/C50H41BrFN5O10S/c1-26(58)29-9-17-39(52)34(21-29)28-7-5-27(6-8-28)20-42(57-45(61)40-18-10-30(51)25-54-40)46(62)56-41(47(63)64)4-2-3-19-53-49(68)55-31-11-14-36-35(22-31)48(65)67-50(36)37-15-12-32(59)23-43(37)66-44-24-33(60)13-16-38(44)50/h5-18,21-25,41-42,59-60H,2-4,19-20H2,1H3,(H,56,62)(H,57,61)(H,63,64)(H2,53,55,68)/t41-,42-/m1/s1. The van der Waals surface area contributed by atoms with Gasteiger partial charge in [0.2, 0.25) is 5.91 Å². The zero-order valence-corrected chi connectivity index (χ0v) is 38.4. The van der Waals surface area contributed by atoms with Gasteiger partial charge in [0.15, 0.2) is 16.5 Å². The number of anilines is 1. The lowest BCUT2D eigenvalue weighted by atomic mass is 9.77. The van der Waals surface area contributed by atoms with E-state index < -0.39 is 47.3 Å². The van der Waals surface area contributed by atoms with Crippen molar-refractivity contribution >= 4 is 68.5 Å². The second-order valence-corrected chi connectivity index (χ2v) is 17.4. The number of aliphatic carboxylic acids is 1. The molecule has 5 aromatic carbocycles. The second-order valence-electron chi connectivity index (χ2n) is 16.1. The maximum atomic E-state index is 14.8. The van der Waals surface area contributed by atoms with Crippen LogP contribution in [0.25, 0.3) is 11.1 Å². The first-order chi connectivity index (χ1) is 32.6. The highest BCUT2D eigenvalue weighted by molar-refractivity contribution is 9.10. The molecule has 2 amide bonds. The number of pyridine rings is 1. The number of esters is 1. The summed E-state index contributed by atoms with van der Waals surface area (Å²) in [7, 11) is 0. The van der Waals surface area contributed by atoms with Crippen molar-refractivity contribution in [3.8, 4) is 34.1 Å². The number of aromatic nitrogens is 1. The number of phenolic OH excluding ortho intramolecular Hbond substituents is 2. The topological polar surface area (TPSA) is 226 Å². The van der Waals surface area contributed by atoms with E-state index in [2.05, 4.69) is 42.2 Å². The summed E-state index contributed by atoms with van der Waals surface area (Å²) < 4.78 is 27.6. The van der Waals surface area contributed by atoms with Gasteiger partial charge >= 0.3 is 11.9 Å². The molecule has 8 rings (SSSR count). The van der Waals surface area contributed by atoms with Crippen LogP contribution in [-0.2, 0) is 26.3 Å². The molecule has 0 saturated heterocycles. The van der Waals surface area contributed by atoms with E-state index in [0.29, 0.717) is 62.9 Å². The molecule has 1 aromatic heterocycles. The zero-order chi connectivity index (χ0) is 48.3. The van der Waals surface area contributed by atoms with Crippen molar-refractivity contribution < 1.29 is 53.2 Å². The van der Waals surface area contributed by atoms with Crippen LogP contribution in [0.3, 0.4) is 0 Å². The fraction of sp³-hybridized carbons (Fsp3) is 0.180. The number of Topliss-reactive ketones (excluding diaryl/α,β-unsaturated/α-hetero) is 1. The number of nitrogens with one attached hydrogen (secondary N) is 4. The minimum atomic E-state index is -1.42. The summed E-state index contributed by atoms with van der Waals surface area (Å²) in [5, 5.41) is 42.1. The number of ether oxygens (including phenoxy) is 2. The van der Waals surface area contributed by atoms with Crippen LogP contribution < -0.4 is 26.0 Å². The number of hydrogen-bond donors (Lipinski definition) is 7. The van der Waals surface area contributed by atoms with Gasteiger partial charge in [0.1, 0.15) is 46.6 Å². The predicted octanol–water partition coefficient (Wildman–Crippen LogP) is 7.90. The molecule has 0 saturated carbocycles. The minimum Gasteiger partial charge on any atom is -0.508 e. The third kappa shape index (κ3) is 9.86. The Kier molecular flexibility index (Phi) is 13.5. The summed E-state index contributed by atoms with van der Waals surface area (Å²) in [5.41, 5.74) is 2.46. The zero-order valence-electron chi connectivity index (χ0n) is 36.0. The van der Waals surface area contributed by atoms with E-state index in [4.69, 9.17) is 21.7 Å². The molecule has 0 bridgehead atoms. The average molecular weight is 1000 g/mol. The smallest absolute Gasteiger partial charge is 0.340 e. The number of carbonyl (C=O) groups is 5. The lowest BCUT2D eigenvalue weighted by Crippen LogP contribution is -2.52. The first-order valence-electron chi connectivity index (χ1n) is 21.2. The van der Waals surface area contributed by atoms with Crippen LogP contribution in [0.15, 0.2) is 120 Å². The number of amides is 2. The van der Waals surface area contributed by atoms with Gasteiger partial charge in [-0.2, -0.15) is 0 Å². The van der Waals surface area contributed by atoms with Gasteiger partial charge in [-0.3, -0.25) is 14.4 Å². The molecule has 1 spiro atoms. The van der Waals surface area contributed by atoms with Gasteiger partial charge in [-0.25, -0.2) is 19.0 Å². The molecule has 0 aliphatic carbocycles. The van der Waals surface area contributed by atoms with Crippen LogP contribution in [0, 0.1) is 5.82 Å². The summed E-state index contributed by atoms with van der Waals surface area (Å²) in [5.74, 6) is -3.65. The van der Waals surface area contributed by atoms with Crippen molar-refractivity contribution in [1.29, 1.82) is 0 Å². The number of carboxylic acid groups (broad SMARTS) is 1. The Morgan fingerprint density at radius 3 is 2.15 bits per heavy atom. The number of ketones is 1. The van der Waals surface area contributed by atoms with Crippen LogP contribution in [0.5, 0.6) is 23.0 Å². The van der Waals surface area contributed by atoms with Gasteiger partial charge < -0.3 is 46.1 Å². The first-order valence-corrected chi connectivity index (χ1v) is 22.4. The van der Waals surface area contributed by atoms with E-state index in [1.165, 1.54) is 61.7 Å². The number of halogens is 2. The number of thiocarbonyl (C=S) groups is 1. The Hall–Kier alpha value is -7.70. The Bertz CT molecular complexity index is 2960. The predicted molar refractivity (Wildman–Crippen MR) is 254 cm³/mol. The number of carbonyl (C=O) groups excluding carboxylic acids is 4. The van der Waals surface area contributed by atoms with E-state index in [1.54, 1.807) is 60.7 Å². The van der Waals surface area contributed by atoms with E-state index in [0.717, 1.165) is 0 Å². The molecule has 2 aliphatic rings. The third-order valence-electron chi connectivity index (χ3n) is 11.5. The highest BCUT2D eigenvalue weighted by Crippen LogP contribution is 2.57. The number of benzene rings is 5. The molecule has 0 fully saturated rings. The van der Waals surface area contributed by atoms with Gasteiger partial charge in [0.25, 0.3) is 5.91 Å². The fourth-order valence-corrected chi connectivity index (χ4v) is 8.59. The number of aromatic hydroxyl groups is 2. The van der Waals surface area contributed by atoms with Crippen LogP contribution in [-0.4, -0.2) is 73.6 Å². The SMILES string of the molecule is CC(=O)c1ccc(F)c(-c2ccc(C[C@@H](NC(=O)c3ccc(Br)cn3)C(=O)N[C@H](CCCCNC(=S)Nc3ccc4c(c3)C(=O)OC43c4ccc(O)cc4Oc4cc(O)ccc43)C(=O)O)cc2)c1. The number of hydrogen-bond acceptors (Lipinski definition) is 11. The number of unbranched alkanes of at least 4 members (excludes halogenated alkanes) is 1. The lowest BCUT2D eigenvalue weighted by molar-refractivity contribution is -0.142. The van der Waals surface area contributed by atoms with Crippen molar-refractivity contribution in [1.82, 2.24) is 20.9 Å². The molecule has 2 aliphatic heterocycles. The van der Waals surface area contributed by atoms with Crippen LogP contribution in [0.2, 0.25) is 0 Å². The molecule has 7 N–H and O–H groups in total. The van der Waals surface area contributed by atoms with Gasteiger partial charge in [-0.05, 0) is 132 Å². The molecule has 18 heteroatoms. The average Bonchev–Trinajstić information content (AvgIpc) is 3.59. The molecule has 15 nitrogen and oxygen atoms in total. The van der Waals surface area contributed by atoms with Crippen molar-refractivity contribution in [2.45, 2.75) is 50.3 Å². The molecular formula is C50H41BrFN5O10S. The number of fused-ring (bicyclic) bond motifs is 6. The molecule has 0 radical (unpaired) electrons. The molecule has 6 aromatic rings. The summed E-state index contributed by atoms with van der Waals surface area (Å²) in [6.45, 7) is 1.71. The van der Waals surface area contributed by atoms with Gasteiger partial charge in [-0.1, -0.05) is 30.3 Å². The largest absolute Gasteiger partial charge is 0.508 e. The number of carboxylic acids is 1. The molecule has 2 atom stereocenters. The number of phenols is 2. The number of nitrogens with zero attached hydrogens (tertiary/aromatic N) is 1. The van der Waals surface area contributed by atoms with E-state index in [1.807, 2.05) is 0 Å². The summed E-state index contributed by atoms with van der Waals surface area (Å²) in [6.07, 6.45) is 2.22. The van der Waals surface area contributed by atoms with Crippen molar-refractivity contribution in [3.63, 3.8) is 0 Å². The van der Waals surface area contributed by atoms with Gasteiger partial charge in [0, 0.05) is 69.3 Å². The van der Waals surface area contributed by atoms with Crippen molar-refractivity contribution in [2.24, 2.45) is 0 Å². The first kappa shape index (κ1) is 46.8. The quantitative estimate of drug-likeness (QED) is 0.0225. The normalized spacial score (nSPS) is 13.7. The van der Waals surface area contributed by atoms with Crippen molar-refractivity contribution in [2.75, 3.05) is 11.9 Å². The molecular weight excluding hydrogens is 962 g/mol. The maximum Gasteiger partial charge on any atom is 0.340 e. The van der Waals surface area contributed by atoms with Crippen molar-refractivity contribution in [3.05, 3.63) is 165 Å². The summed E-state index contributed by atoms with van der Waals surface area (Å²) in [4.78, 5) is 69.0. The Morgan fingerprint density at radius 1 is 0.809 bits per heavy atom. The molecule has 68 heavy (non-hydrogen) atoms. The van der Waals surface area contributed by atoms with Crippen LogP contribution in [0.1, 0.15) is 79.6 Å². The van der Waals surface area contributed by atoms with E-state index in [9.17, 15) is 43.7 Å².